The molecule has 0 radical (unpaired) electrons. The molecule has 0 unspecified atom stereocenters. The molecule has 2 aliphatic rings. The highest BCUT2D eigenvalue weighted by Crippen LogP contribution is 2.31. The first-order valence-electron chi connectivity index (χ1n) is 9.36. The van der Waals surface area contributed by atoms with Crippen LogP contribution in [0.4, 0.5) is 16.2 Å². The second-order valence-corrected chi connectivity index (χ2v) is 7.97. The van der Waals surface area contributed by atoms with Gasteiger partial charge in [0.25, 0.3) is 5.91 Å². The van der Waals surface area contributed by atoms with E-state index in [0.29, 0.717) is 17.1 Å². The SMILES string of the molecule is O=C1COc2cc(NC(=O)N3CCCC[C@H]3CCc3cccs3)ccc2N1. The summed E-state index contributed by atoms with van der Waals surface area (Å²) in [5, 5.41) is 7.85. The van der Waals surface area contributed by atoms with E-state index in [-0.39, 0.29) is 24.6 Å². The number of anilines is 2. The number of urea groups is 1. The number of amides is 3. The Hall–Kier alpha value is -2.54. The van der Waals surface area contributed by atoms with Gasteiger partial charge in [-0.2, -0.15) is 0 Å². The summed E-state index contributed by atoms with van der Waals surface area (Å²) in [7, 11) is 0. The molecule has 4 rings (SSSR count). The lowest BCUT2D eigenvalue weighted by atomic mass is 9.98. The molecule has 0 bridgehead atoms. The number of likely N-dealkylation sites (tertiary alicyclic amines) is 1. The first kappa shape index (κ1) is 17.9. The standard InChI is InChI=1S/C20H23N3O3S/c24-19-13-26-18-12-14(6-9-17(18)22-19)21-20(25)23-10-2-1-4-15(23)7-8-16-5-3-11-27-16/h3,5-6,9,11-12,15H,1-2,4,7-8,10,13H2,(H,21,25)(H,22,24)/t15-/m0/s1. The molecule has 7 heteroatoms. The van der Waals surface area contributed by atoms with Crippen molar-refractivity contribution < 1.29 is 14.3 Å². The van der Waals surface area contributed by atoms with Gasteiger partial charge in [-0.15, -0.1) is 11.3 Å². The molecule has 3 heterocycles. The zero-order valence-corrected chi connectivity index (χ0v) is 15.9. The fourth-order valence-electron chi connectivity index (χ4n) is 3.68. The number of nitrogens with one attached hydrogen (secondary N) is 2. The van der Waals surface area contributed by atoms with Crippen LogP contribution in [0.25, 0.3) is 0 Å². The highest BCUT2D eigenvalue weighted by Gasteiger charge is 2.27. The number of carbonyl (C=O) groups is 2. The van der Waals surface area contributed by atoms with Crippen LogP contribution in [0.15, 0.2) is 35.7 Å². The molecule has 2 aromatic rings. The number of nitrogens with zero attached hydrogens (tertiary/aromatic N) is 1. The summed E-state index contributed by atoms with van der Waals surface area (Å²) in [5.74, 6) is 0.418. The number of piperidine rings is 1. The molecule has 1 aromatic carbocycles. The van der Waals surface area contributed by atoms with Gasteiger partial charge in [-0.05, 0) is 55.7 Å². The van der Waals surface area contributed by atoms with Gasteiger partial charge in [0.1, 0.15) is 5.75 Å². The lowest BCUT2D eigenvalue weighted by molar-refractivity contribution is -0.118. The Kier molecular flexibility index (Phi) is 5.29. The average molecular weight is 385 g/mol. The van der Waals surface area contributed by atoms with E-state index in [1.54, 1.807) is 29.5 Å². The van der Waals surface area contributed by atoms with Crippen LogP contribution in [0.2, 0.25) is 0 Å². The van der Waals surface area contributed by atoms with Gasteiger partial charge in [-0.25, -0.2) is 4.79 Å². The fourth-order valence-corrected chi connectivity index (χ4v) is 4.40. The van der Waals surface area contributed by atoms with Crippen molar-refractivity contribution in [3.63, 3.8) is 0 Å². The highest BCUT2D eigenvalue weighted by atomic mass is 32.1. The second kappa shape index (κ2) is 8.00. The molecule has 1 atom stereocenters. The Labute approximate surface area is 162 Å². The topological polar surface area (TPSA) is 70.7 Å². The van der Waals surface area contributed by atoms with Crippen LogP contribution >= 0.6 is 11.3 Å². The molecule has 0 spiro atoms. The van der Waals surface area contributed by atoms with E-state index in [4.69, 9.17) is 4.74 Å². The van der Waals surface area contributed by atoms with E-state index < -0.39 is 0 Å². The molecule has 0 saturated carbocycles. The number of carbonyl (C=O) groups excluding carboxylic acids is 2. The van der Waals surface area contributed by atoms with E-state index >= 15 is 0 Å². The minimum atomic E-state index is -0.166. The fraction of sp³-hybridized carbons (Fsp3) is 0.400. The van der Waals surface area contributed by atoms with Gasteiger partial charge >= 0.3 is 6.03 Å². The number of benzene rings is 1. The summed E-state index contributed by atoms with van der Waals surface area (Å²) in [6.07, 6.45) is 5.28. The summed E-state index contributed by atoms with van der Waals surface area (Å²) in [4.78, 5) is 27.6. The molecular weight excluding hydrogens is 362 g/mol. The minimum Gasteiger partial charge on any atom is -0.482 e. The van der Waals surface area contributed by atoms with Gasteiger partial charge in [-0.1, -0.05) is 6.07 Å². The van der Waals surface area contributed by atoms with Gasteiger partial charge in [0.2, 0.25) is 0 Å². The molecular formula is C20H23N3O3S. The normalized spacial score (nSPS) is 19.0. The molecule has 1 saturated heterocycles. The van der Waals surface area contributed by atoms with Crippen LogP contribution in [0.1, 0.15) is 30.6 Å². The first-order chi connectivity index (χ1) is 13.2. The van der Waals surface area contributed by atoms with Crippen LogP contribution in [-0.4, -0.2) is 36.0 Å². The van der Waals surface area contributed by atoms with Crippen molar-refractivity contribution in [3.05, 3.63) is 40.6 Å². The zero-order chi connectivity index (χ0) is 18.6. The van der Waals surface area contributed by atoms with Crippen molar-refractivity contribution in [3.8, 4) is 5.75 Å². The Balaban J connectivity index is 1.40. The largest absolute Gasteiger partial charge is 0.482 e. The molecule has 6 nitrogen and oxygen atoms in total. The van der Waals surface area contributed by atoms with E-state index in [1.165, 1.54) is 11.3 Å². The summed E-state index contributed by atoms with van der Waals surface area (Å²) in [6.45, 7) is 0.791. The monoisotopic (exact) mass is 385 g/mol. The van der Waals surface area contributed by atoms with Gasteiger partial charge in [0, 0.05) is 29.2 Å². The van der Waals surface area contributed by atoms with Gasteiger partial charge in [0.05, 0.1) is 5.69 Å². The number of fused-ring (bicyclic) bond motifs is 1. The molecule has 2 N–H and O–H groups in total. The van der Waals surface area contributed by atoms with E-state index in [1.807, 2.05) is 4.90 Å². The van der Waals surface area contributed by atoms with Crippen LogP contribution in [0.5, 0.6) is 5.75 Å². The van der Waals surface area contributed by atoms with Crippen LogP contribution in [-0.2, 0) is 11.2 Å². The third-order valence-corrected chi connectivity index (χ3v) is 5.99. The van der Waals surface area contributed by atoms with Crippen molar-refractivity contribution in [2.75, 3.05) is 23.8 Å². The van der Waals surface area contributed by atoms with Crippen LogP contribution < -0.4 is 15.4 Å². The molecule has 3 amide bonds. The Morgan fingerprint density at radius 1 is 1.33 bits per heavy atom. The minimum absolute atomic E-state index is 0.00131. The van der Waals surface area contributed by atoms with Crippen molar-refractivity contribution in [1.82, 2.24) is 4.90 Å². The van der Waals surface area contributed by atoms with Crippen LogP contribution in [0.3, 0.4) is 0 Å². The zero-order valence-electron chi connectivity index (χ0n) is 15.1. The number of aryl methyl sites for hydroxylation is 1. The van der Waals surface area contributed by atoms with E-state index in [9.17, 15) is 9.59 Å². The van der Waals surface area contributed by atoms with E-state index in [2.05, 4.69) is 28.1 Å². The molecule has 142 valence electrons. The smallest absolute Gasteiger partial charge is 0.322 e. The molecule has 0 aliphatic carbocycles. The first-order valence-corrected chi connectivity index (χ1v) is 10.2. The number of hydrogen-bond acceptors (Lipinski definition) is 4. The average Bonchev–Trinajstić information content (AvgIpc) is 3.20. The highest BCUT2D eigenvalue weighted by molar-refractivity contribution is 7.09. The summed E-state index contributed by atoms with van der Waals surface area (Å²) in [5.41, 5.74) is 1.31. The maximum absolute atomic E-state index is 12.9. The van der Waals surface area contributed by atoms with Crippen molar-refractivity contribution in [2.45, 2.75) is 38.1 Å². The molecule has 1 fully saturated rings. The predicted octanol–water partition coefficient (Wildman–Crippen LogP) is 4.10. The number of ether oxygens (including phenoxy) is 1. The summed E-state index contributed by atoms with van der Waals surface area (Å²) < 4.78 is 5.43. The lowest BCUT2D eigenvalue weighted by Gasteiger charge is -2.36. The Bertz CT molecular complexity index is 822. The quantitative estimate of drug-likeness (QED) is 0.832. The predicted molar refractivity (Wildman–Crippen MR) is 107 cm³/mol. The van der Waals surface area contributed by atoms with Crippen molar-refractivity contribution >= 4 is 34.6 Å². The van der Waals surface area contributed by atoms with E-state index in [0.717, 1.165) is 32.2 Å². The molecule has 1 aromatic heterocycles. The summed E-state index contributed by atoms with van der Waals surface area (Å²) >= 11 is 1.77. The third-order valence-electron chi connectivity index (χ3n) is 5.06. The number of rotatable bonds is 4. The maximum atomic E-state index is 12.9. The van der Waals surface area contributed by atoms with Crippen molar-refractivity contribution in [1.29, 1.82) is 0 Å². The summed E-state index contributed by atoms with van der Waals surface area (Å²) in [6, 6.07) is 9.75. The lowest BCUT2D eigenvalue weighted by Crippen LogP contribution is -2.46. The van der Waals surface area contributed by atoms with Gasteiger partial charge in [-0.3, -0.25) is 4.79 Å². The van der Waals surface area contributed by atoms with Crippen molar-refractivity contribution in [2.24, 2.45) is 0 Å². The number of hydrogen-bond donors (Lipinski definition) is 2. The third kappa shape index (κ3) is 4.24. The maximum Gasteiger partial charge on any atom is 0.322 e. The molecule has 27 heavy (non-hydrogen) atoms. The van der Waals surface area contributed by atoms with Gasteiger partial charge in [0.15, 0.2) is 6.61 Å². The number of thiophene rings is 1. The van der Waals surface area contributed by atoms with Gasteiger partial charge < -0.3 is 20.3 Å². The molecule has 2 aliphatic heterocycles. The Morgan fingerprint density at radius 2 is 2.26 bits per heavy atom. The van der Waals surface area contributed by atoms with Crippen LogP contribution in [0, 0.1) is 0 Å². The second-order valence-electron chi connectivity index (χ2n) is 6.94. The Morgan fingerprint density at radius 3 is 3.11 bits per heavy atom.